The number of ether oxygens (including phenoxy) is 1. The van der Waals surface area contributed by atoms with E-state index in [1.807, 2.05) is 55.5 Å². The molecule has 1 amide bonds. The third-order valence-corrected chi connectivity index (χ3v) is 7.88. The molecule has 0 spiro atoms. The van der Waals surface area contributed by atoms with Crippen molar-refractivity contribution in [1.82, 2.24) is 25.3 Å². The van der Waals surface area contributed by atoms with Crippen LogP contribution in [-0.2, 0) is 0 Å². The number of nitrogens with one attached hydrogen (secondary N) is 4. The molecular weight excluding hydrogens is 542 g/mol. The van der Waals surface area contributed by atoms with Gasteiger partial charge in [-0.3, -0.25) is 9.59 Å². The van der Waals surface area contributed by atoms with Gasteiger partial charge in [-0.15, -0.1) is 0 Å². The molecule has 0 aliphatic heterocycles. The number of fused-ring (bicyclic) bond motifs is 2. The summed E-state index contributed by atoms with van der Waals surface area (Å²) in [6.45, 7) is 2.85. The van der Waals surface area contributed by atoms with Gasteiger partial charge in [0.05, 0.1) is 18.5 Å². The Morgan fingerprint density at radius 2 is 1.93 bits per heavy atom. The number of aldehydes is 1. The van der Waals surface area contributed by atoms with Gasteiger partial charge in [0.2, 0.25) is 5.95 Å². The SMILES string of the molecule is Cc1cc(OCCCNC(=O)c2ccc3ccccc3c2C=O)ccc1Nc1nc(NC2CCCCC2)c2nc[nH]c2n1. The summed E-state index contributed by atoms with van der Waals surface area (Å²) >= 11 is 0. The summed E-state index contributed by atoms with van der Waals surface area (Å²) in [5.41, 5.74) is 4.07. The number of hydrogen-bond donors (Lipinski definition) is 4. The molecule has 5 aromatic rings. The number of aryl methyl sites for hydroxylation is 1. The standard InChI is InChI=1S/C33H35N7O3/c1-21-18-24(43-17-7-16-34-32(42)26-14-12-22-8-5-6-11-25(22)27(26)19-41)13-15-28(21)38-33-39-30-29(35-20-36-30)31(40-33)37-23-9-3-2-4-10-23/h5-6,8,11-15,18-20,23H,2-4,7,9-10,16-17H2,1H3,(H,34,42)(H3,35,36,37,38,39,40). The van der Waals surface area contributed by atoms with Gasteiger partial charge >= 0.3 is 0 Å². The van der Waals surface area contributed by atoms with Gasteiger partial charge in [-0.05, 0) is 66.8 Å². The molecule has 2 aromatic heterocycles. The topological polar surface area (TPSA) is 134 Å². The van der Waals surface area contributed by atoms with Gasteiger partial charge in [0.25, 0.3) is 5.91 Å². The first-order chi connectivity index (χ1) is 21.1. The van der Waals surface area contributed by atoms with Crippen molar-refractivity contribution in [3.05, 3.63) is 77.6 Å². The van der Waals surface area contributed by atoms with Crippen molar-refractivity contribution < 1.29 is 14.3 Å². The third-order valence-electron chi connectivity index (χ3n) is 7.88. The molecule has 1 saturated carbocycles. The number of rotatable bonds is 11. The van der Waals surface area contributed by atoms with Crippen molar-refractivity contribution in [3.63, 3.8) is 0 Å². The zero-order chi connectivity index (χ0) is 29.6. The first-order valence-electron chi connectivity index (χ1n) is 14.8. The Bertz CT molecular complexity index is 1760. The van der Waals surface area contributed by atoms with Gasteiger partial charge in [0.15, 0.2) is 17.8 Å². The molecule has 0 atom stereocenters. The van der Waals surface area contributed by atoms with Gasteiger partial charge < -0.3 is 25.7 Å². The Kier molecular flexibility index (Phi) is 8.44. The zero-order valence-electron chi connectivity index (χ0n) is 24.2. The molecule has 43 heavy (non-hydrogen) atoms. The minimum atomic E-state index is -0.272. The molecule has 2 heterocycles. The van der Waals surface area contributed by atoms with Crippen molar-refractivity contribution >= 4 is 51.6 Å². The highest BCUT2D eigenvalue weighted by Crippen LogP contribution is 2.28. The molecule has 10 heteroatoms. The number of aromatic amines is 1. The number of aromatic nitrogens is 4. The second-order valence-electron chi connectivity index (χ2n) is 10.9. The summed E-state index contributed by atoms with van der Waals surface area (Å²) in [5.74, 6) is 1.70. The number of nitrogens with zero attached hydrogens (tertiary/aromatic N) is 3. The zero-order valence-corrected chi connectivity index (χ0v) is 24.2. The number of hydrogen-bond acceptors (Lipinski definition) is 8. The number of H-pyrrole nitrogens is 1. The molecular formula is C33H35N7O3. The molecule has 0 unspecified atom stereocenters. The van der Waals surface area contributed by atoms with E-state index < -0.39 is 0 Å². The molecule has 3 aromatic carbocycles. The molecule has 0 bridgehead atoms. The van der Waals surface area contributed by atoms with E-state index in [0.717, 1.165) is 58.2 Å². The van der Waals surface area contributed by atoms with Crippen LogP contribution in [0.25, 0.3) is 21.9 Å². The van der Waals surface area contributed by atoms with E-state index in [9.17, 15) is 9.59 Å². The Labute approximate surface area is 249 Å². The number of amides is 1. The molecule has 4 N–H and O–H groups in total. The van der Waals surface area contributed by atoms with Gasteiger partial charge in [0.1, 0.15) is 11.3 Å². The number of anilines is 3. The van der Waals surface area contributed by atoms with E-state index in [-0.39, 0.29) is 5.91 Å². The average Bonchev–Trinajstić information content (AvgIpc) is 3.51. The minimum Gasteiger partial charge on any atom is -0.494 e. The summed E-state index contributed by atoms with van der Waals surface area (Å²) < 4.78 is 5.94. The summed E-state index contributed by atoms with van der Waals surface area (Å²) in [6, 6.07) is 17.3. The number of imidazole rings is 1. The van der Waals surface area contributed by atoms with Crippen LogP contribution < -0.4 is 20.7 Å². The van der Waals surface area contributed by atoms with E-state index in [0.29, 0.717) is 48.3 Å². The molecule has 1 aliphatic rings. The average molecular weight is 578 g/mol. The van der Waals surface area contributed by atoms with Gasteiger partial charge in [-0.2, -0.15) is 9.97 Å². The fourth-order valence-electron chi connectivity index (χ4n) is 5.60. The highest BCUT2D eigenvalue weighted by atomic mass is 16.5. The lowest BCUT2D eigenvalue weighted by molar-refractivity contribution is 0.0946. The van der Waals surface area contributed by atoms with Crippen LogP contribution in [0, 0.1) is 6.92 Å². The van der Waals surface area contributed by atoms with Crippen LogP contribution in [0.3, 0.4) is 0 Å². The van der Waals surface area contributed by atoms with Crippen molar-refractivity contribution in [2.24, 2.45) is 0 Å². The van der Waals surface area contributed by atoms with E-state index in [1.54, 1.807) is 12.4 Å². The first kappa shape index (κ1) is 28.1. The Hall–Kier alpha value is -4.99. The maximum atomic E-state index is 12.8. The lowest BCUT2D eigenvalue weighted by Crippen LogP contribution is -2.26. The molecule has 0 saturated heterocycles. The van der Waals surface area contributed by atoms with E-state index in [4.69, 9.17) is 9.72 Å². The summed E-state index contributed by atoms with van der Waals surface area (Å²) in [4.78, 5) is 41.4. The van der Waals surface area contributed by atoms with Crippen LogP contribution in [-0.4, -0.2) is 51.3 Å². The quantitative estimate of drug-likeness (QED) is 0.106. The second-order valence-corrected chi connectivity index (χ2v) is 10.9. The Morgan fingerprint density at radius 3 is 2.77 bits per heavy atom. The number of benzene rings is 3. The van der Waals surface area contributed by atoms with Crippen LogP contribution in [0.4, 0.5) is 17.5 Å². The van der Waals surface area contributed by atoms with Crippen LogP contribution in [0.1, 0.15) is 64.8 Å². The second kappa shape index (κ2) is 12.9. The van der Waals surface area contributed by atoms with Crippen LogP contribution >= 0.6 is 0 Å². The first-order valence-corrected chi connectivity index (χ1v) is 14.8. The van der Waals surface area contributed by atoms with Crippen molar-refractivity contribution in [3.8, 4) is 5.75 Å². The molecule has 0 radical (unpaired) electrons. The number of carbonyl (C=O) groups excluding carboxylic acids is 2. The largest absolute Gasteiger partial charge is 0.494 e. The van der Waals surface area contributed by atoms with Gasteiger partial charge in [-0.25, -0.2) is 4.98 Å². The van der Waals surface area contributed by atoms with Gasteiger partial charge in [0, 0.05) is 23.8 Å². The lowest BCUT2D eigenvalue weighted by atomic mass is 9.95. The maximum Gasteiger partial charge on any atom is 0.252 e. The molecule has 1 fully saturated rings. The van der Waals surface area contributed by atoms with E-state index in [1.165, 1.54) is 19.3 Å². The van der Waals surface area contributed by atoms with E-state index in [2.05, 4.69) is 30.9 Å². The van der Waals surface area contributed by atoms with Crippen molar-refractivity contribution in [1.29, 1.82) is 0 Å². The summed E-state index contributed by atoms with van der Waals surface area (Å²) in [7, 11) is 0. The van der Waals surface area contributed by atoms with Crippen LogP contribution in [0.5, 0.6) is 5.75 Å². The normalized spacial score (nSPS) is 13.6. The molecule has 1 aliphatic carbocycles. The monoisotopic (exact) mass is 577 g/mol. The fourth-order valence-corrected chi connectivity index (χ4v) is 5.60. The smallest absolute Gasteiger partial charge is 0.252 e. The maximum absolute atomic E-state index is 12.8. The van der Waals surface area contributed by atoms with E-state index >= 15 is 0 Å². The number of carbonyl (C=O) groups is 2. The lowest BCUT2D eigenvalue weighted by Gasteiger charge is -2.23. The minimum absolute atomic E-state index is 0.272. The van der Waals surface area contributed by atoms with Crippen LogP contribution in [0.15, 0.2) is 60.9 Å². The highest BCUT2D eigenvalue weighted by Gasteiger charge is 2.18. The predicted octanol–water partition coefficient (Wildman–Crippen LogP) is 6.31. The third kappa shape index (κ3) is 6.43. The van der Waals surface area contributed by atoms with Crippen molar-refractivity contribution in [2.75, 3.05) is 23.8 Å². The predicted molar refractivity (Wildman–Crippen MR) is 168 cm³/mol. The molecule has 6 rings (SSSR count). The van der Waals surface area contributed by atoms with Crippen molar-refractivity contribution in [2.45, 2.75) is 51.5 Å². The summed E-state index contributed by atoms with van der Waals surface area (Å²) in [6.07, 6.45) is 9.02. The highest BCUT2D eigenvalue weighted by molar-refractivity contribution is 6.09. The molecule has 220 valence electrons. The molecule has 10 nitrogen and oxygen atoms in total. The Morgan fingerprint density at radius 1 is 1.07 bits per heavy atom. The fraction of sp³-hybridized carbons (Fsp3) is 0.303. The Balaban J connectivity index is 1.03. The summed E-state index contributed by atoms with van der Waals surface area (Å²) in [5, 5.41) is 11.5. The van der Waals surface area contributed by atoms with Gasteiger partial charge in [-0.1, -0.05) is 49.6 Å². The van der Waals surface area contributed by atoms with Crippen LogP contribution in [0.2, 0.25) is 0 Å².